The summed E-state index contributed by atoms with van der Waals surface area (Å²) in [5.41, 5.74) is 0. The van der Waals surface area contributed by atoms with Crippen molar-refractivity contribution in [2.24, 2.45) is 0 Å². The van der Waals surface area contributed by atoms with Crippen LogP contribution in [0.5, 0.6) is 0 Å². The van der Waals surface area contributed by atoms with Gasteiger partial charge in [0.15, 0.2) is 6.29 Å². The highest BCUT2D eigenvalue weighted by molar-refractivity contribution is 4.54. The Bertz CT molecular complexity index is 91.8. The molecule has 0 aliphatic heterocycles. The molecule has 0 radical (unpaired) electrons. The Labute approximate surface area is 75.0 Å². The fraction of sp³-hybridized carbons (Fsp3) is 1.00. The second-order valence-electron chi connectivity index (χ2n) is 2.77. The summed E-state index contributed by atoms with van der Waals surface area (Å²) < 4.78 is 15.6. The molecule has 0 rings (SSSR count). The second kappa shape index (κ2) is 7.53. The molecule has 0 aromatic carbocycles. The molecule has 0 bridgehead atoms. The van der Waals surface area contributed by atoms with Gasteiger partial charge in [-0.05, 0) is 13.3 Å². The fourth-order valence-corrected chi connectivity index (χ4v) is 0.972. The number of rotatable bonds is 7. The normalized spacial score (nSPS) is 13.8. The van der Waals surface area contributed by atoms with Crippen LogP contribution >= 0.6 is 0 Å². The van der Waals surface area contributed by atoms with Crippen molar-refractivity contribution in [3.05, 3.63) is 0 Å². The fourth-order valence-electron chi connectivity index (χ4n) is 0.972. The van der Waals surface area contributed by atoms with Crippen LogP contribution in [0, 0.1) is 0 Å². The summed E-state index contributed by atoms with van der Waals surface area (Å²) in [6.07, 6.45) is 2.00. The minimum atomic E-state index is -0.248. The zero-order valence-electron chi connectivity index (χ0n) is 8.50. The van der Waals surface area contributed by atoms with Gasteiger partial charge in [-0.15, -0.1) is 0 Å². The molecule has 0 unspecified atom stereocenters. The molecule has 0 N–H and O–H groups in total. The van der Waals surface area contributed by atoms with Gasteiger partial charge in [0.25, 0.3) is 0 Å². The van der Waals surface area contributed by atoms with E-state index in [0.29, 0.717) is 0 Å². The lowest BCUT2D eigenvalue weighted by Crippen LogP contribution is -2.30. The van der Waals surface area contributed by atoms with E-state index in [1.54, 1.807) is 14.2 Å². The van der Waals surface area contributed by atoms with Crippen molar-refractivity contribution >= 4 is 0 Å². The van der Waals surface area contributed by atoms with E-state index in [1.807, 2.05) is 6.92 Å². The lowest BCUT2D eigenvalue weighted by atomic mass is 10.3. The van der Waals surface area contributed by atoms with Gasteiger partial charge in [0.05, 0.1) is 0 Å². The molecule has 0 fully saturated rings. The van der Waals surface area contributed by atoms with Crippen LogP contribution < -0.4 is 0 Å². The van der Waals surface area contributed by atoms with E-state index in [2.05, 4.69) is 6.92 Å². The summed E-state index contributed by atoms with van der Waals surface area (Å²) in [5.74, 6) is 0. The number of hydrogen-bond donors (Lipinski definition) is 0. The summed E-state index contributed by atoms with van der Waals surface area (Å²) in [6, 6.07) is 0. The van der Waals surface area contributed by atoms with Crippen LogP contribution in [0.25, 0.3) is 0 Å². The molecule has 3 nitrogen and oxygen atoms in total. The van der Waals surface area contributed by atoms with Crippen molar-refractivity contribution in [3.63, 3.8) is 0 Å². The molecule has 0 aromatic rings. The Balaban J connectivity index is 3.47. The highest BCUT2D eigenvalue weighted by Gasteiger charge is 2.15. The number of methoxy groups -OCH3 is 2. The van der Waals surface area contributed by atoms with Gasteiger partial charge in [-0.1, -0.05) is 13.3 Å². The Morgan fingerprint density at radius 3 is 2.17 bits per heavy atom. The maximum atomic E-state index is 5.48. The molecule has 12 heavy (non-hydrogen) atoms. The van der Waals surface area contributed by atoms with Gasteiger partial charge in [0.2, 0.25) is 0 Å². The molecule has 0 amide bonds. The monoisotopic (exact) mass is 176 g/mol. The van der Waals surface area contributed by atoms with E-state index in [4.69, 9.17) is 14.2 Å². The third-order valence-corrected chi connectivity index (χ3v) is 1.73. The van der Waals surface area contributed by atoms with Crippen LogP contribution in [-0.4, -0.2) is 33.2 Å². The highest BCUT2D eigenvalue weighted by Crippen LogP contribution is 2.04. The summed E-state index contributed by atoms with van der Waals surface area (Å²) in [5, 5.41) is 0. The Morgan fingerprint density at radius 2 is 1.75 bits per heavy atom. The first-order chi connectivity index (χ1) is 5.76. The van der Waals surface area contributed by atoms with E-state index in [-0.39, 0.29) is 12.4 Å². The topological polar surface area (TPSA) is 27.7 Å². The van der Waals surface area contributed by atoms with Crippen molar-refractivity contribution in [3.8, 4) is 0 Å². The minimum absolute atomic E-state index is 0.00606. The van der Waals surface area contributed by atoms with Crippen molar-refractivity contribution in [1.29, 1.82) is 0 Å². The molecular formula is C9H20O3. The molecule has 3 heteroatoms. The van der Waals surface area contributed by atoms with Crippen molar-refractivity contribution in [2.75, 3.05) is 20.8 Å². The van der Waals surface area contributed by atoms with Crippen LogP contribution in [0.4, 0.5) is 0 Å². The molecule has 0 saturated carbocycles. The maximum Gasteiger partial charge on any atom is 0.182 e. The quantitative estimate of drug-likeness (QED) is 0.437. The summed E-state index contributed by atoms with van der Waals surface area (Å²) in [7, 11) is 3.24. The Morgan fingerprint density at radius 1 is 1.17 bits per heavy atom. The number of ether oxygens (including phenoxy) is 3. The molecule has 0 aliphatic rings. The van der Waals surface area contributed by atoms with Crippen molar-refractivity contribution in [1.82, 2.24) is 0 Å². The molecule has 0 aliphatic carbocycles. The second-order valence-corrected chi connectivity index (χ2v) is 2.77. The highest BCUT2D eigenvalue weighted by atomic mass is 16.7. The smallest absolute Gasteiger partial charge is 0.182 e. The minimum Gasteiger partial charge on any atom is -0.373 e. The average Bonchev–Trinajstić information content (AvgIpc) is 2.07. The van der Waals surface area contributed by atoms with Gasteiger partial charge >= 0.3 is 0 Å². The summed E-state index contributed by atoms with van der Waals surface area (Å²) in [6.45, 7) is 4.87. The van der Waals surface area contributed by atoms with Gasteiger partial charge < -0.3 is 14.2 Å². The molecule has 0 spiro atoms. The van der Waals surface area contributed by atoms with E-state index < -0.39 is 0 Å². The lowest BCUT2D eigenvalue weighted by molar-refractivity contribution is -0.175. The third kappa shape index (κ3) is 4.70. The Kier molecular flexibility index (Phi) is 7.45. The average molecular weight is 176 g/mol. The van der Waals surface area contributed by atoms with Crippen LogP contribution in [0.1, 0.15) is 26.7 Å². The standard InChI is InChI=1S/C9H20O3/c1-5-6-7-12-8(2)9(10-3)11-4/h8-9H,5-7H2,1-4H3/t8-/m1/s1. The van der Waals surface area contributed by atoms with E-state index in [9.17, 15) is 0 Å². The SMILES string of the molecule is CCCCO[C@H](C)C(OC)OC. The Hall–Kier alpha value is -0.120. The van der Waals surface area contributed by atoms with E-state index in [0.717, 1.165) is 19.4 Å². The molecule has 0 aromatic heterocycles. The van der Waals surface area contributed by atoms with Gasteiger partial charge in [-0.3, -0.25) is 0 Å². The van der Waals surface area contributed by atoms with Crippen LogP contribution in [0.3, 0.4) is 0 Å². The molecular weight excluding hydrogens is 156 g/mol. The molecule has 74 valence electrons. The number of unbranched alkanes of at least 4 members (excludes halogenated alkanes) is 1. The van der Waals surface area contributed by atoms with Gasteiger partial charge in [0, 0.05) is 20.8 Å². The summed E-state index contributed by atoms with van der Waals surface area (Å²) >= 11 is 0. The molecule has 0 heterocycles. The summed E-state index contributed by atoms with van der Waals surface area (Å²) in [4.78, 5) is 0. The van der Waals surface area contributed by atoms with Gasteiger partial charge in [0.1, 0.15) is 6.10 Å². The first-order valence-electron chi connectivity index (χ1n) is 4.43. The predicted molar refractivity (Wildman–Crippen MR) is 48.1 cm³/mol. The van der Waals surface area contributed by atoms with Crippen LogP contribution in [0.2, 0.25) is 0 Å². The first kappa shape index (κ1) is 11.9. The van der Waals surface area contributed by atoms with Crippen LogP contribution in [0.15, 0.2) is 0 Å². The van der Waals surface area contributed by atoms with E-state index in [1.165, 1.54) is 0 Å². The van der Waals surface area contributed by atoms with Gasteiger partial charge in [-0.2, -0.15) is 0 Å². The maximum absolute atomic E-state index is 5.48. The molecule has 1 atom stereocenters. The predicted octanol–water partition coefficient (Wildman–Crippen LogP) is 1.81. The van der Waals surface area contributed by atoms with E-state index >= 15 is 0 Å². The zero-order chi connectivity index (χ0) is 9.40. The van der Waals surface area contributed by atoms with Crippen LogP contribution in [-0.2, 0) is 14.2 Å². The zero-order valence-corrected chi connectivity index (χ0v) is 8.50. The van der Waals surface area contributed by atoms with Crippen molar-refractivity contribution in [2.45, 2.75) is 39.1 Å². The number of hydrogen-bond acceptors (Lipinski definition) is 3. The van der Waals surface area contributed by atoms with Gasteiger partial charge in [-0.25, -0.2) is 0 Å². The lowest BCUT2D eigenvalue weighted by Gasteiger charge is -2.21. The molecule has 0 saturated heterocycles. The first-order valence-corrected chi connectivity index (χ1v) is 4.43. The third-order valence-electron chi connectivity index (χ3n) is 1.73. The van der Waals surface area contributed by atoms with Crippen molar-refractivity contribution < 1.29 is 14.2 Å². The largest absolute Gasteiger partial charge is 0.373 e.